The van der Waals surface area contributed by atoms with Crippen molar-refractivity contribution in [1.29, 1.82) is 0 Å². The van der Waals surface area contributed by atoms with Gasteiger partial charge in [-0.1, -0.05) is 0 Å². The second-order valence-electron chi connectivity index (χ2n) is 5.81. The van der Waals surface area contributed by atoms with Gasteiger partial charge in [-0.3, -0.25) is 4.57 Å². The summed E-state index contributed by atoms with van der Waals surface area (Å²) in [6.45, 7) is 1.90. The van der Waals surface area contributed by atoms with Gasteiger partial charge in [-0.15, -0.1) is 0 Å². The Morgan fingerprint density at radius 1 is 1.19 bits per heavy atom. The van der Waals surface area contributed by atoms with Crippen LogP contribution in [0.25, 0.3) is 16.7 Å². The van der Waals surface area contributed by atoms with Crippen LogP contribution in [0, 0.1) is 12.7 Å². The molecule has 4 rings (SSSR count). The third kappa shape index (κ3) is 2.07. The highest BCUT2D eigenvalue weighted by Gasteiger charge is 2.30. The Labute approximate surface area is 122 Å². The van der Waals surface area contributed by atoms with Crippen LogP contribution in [-0.2, 0) is 0 Å². The maximum absolute atomic E-state index is 13.8. The molecule has 0 unspecified atom stereocenters. The Hall–Kier alpha value is -2.36. The van der Waals surface area contributed by atoms with Crippen molar-refractivity contribution in [2.75, 3.05) is 5.73 Å². The van der Waals surface area contributed by atoms with Crippen LogP contribution in [0.1, 0.15) is 30.1 Å². The van der Waals surface area contributed by atoms with Crippen molar-refractivity contribution in [2.24, 2.45) is 0 Å². The normalized spacial score (nSPS) is 14.8. The van der Waals surface area contributed by atoms with E-state index in [0.29, 0.717) is 11.6 Å². The van der Waals surface area contributed by atoms with Crippen molar-refractivity contribution < 1.29 is 4.39 Å². The molecule has 1 aliphatic rings. The van der Waals surface area contributed by atoms with E-state index in [4.69, 9.17) is 10.7 Å². The highest BCUT2D eigenvalue weighted by Crippen LogP contribution is 2.42. The minimum absolute atomic E-state index is 0.218. The highest BCUT2D eigenvalue weighted by molar-refractivity contribution is 5.81. The van der Waals surface area contributed by atoms with E-state index in [0.717, 1.165) is 41.0 Å². The Morgan fingerprint density at radius 3 is 2.71 bits per heavy atom. The maximum Gasteiger partial charge on any atom is 0.125 e. The topological polar surface area (TPSA) is 43.8 Å². The first kappa shape index (κ1) is 12.4. The average molecular weight is 281 g/mol. The van der Waals surface area contributed by atoms with Gasteiger partial charge in [0.25, 0.3) is 0 Å². The summed E-state index contributed by atoms with van der Waals surface area (Å²) >= 11 is 0. The zero-order valence-electron chi connectivity index (χ0n) is 11.8. The molecule has 21 heavy (non-hydrogen) atoms. The lowest BCUT2D eigenvalue weighted by molar-refractivity contribution is 0.625. The molecule has 0 amide bonds. The number of aromatic nitrogens is 2. The van der Waals surface area contributed by atoms with Crippen LogP contribution in [0.2, 0.25) is 0 Å². The molecular formula is C17H16FN3. The molecule has 1 fully saturated rings. The van der Waals surface area contributed by atoms with E-state index in [1.165, 1.54) is 6.07 Å². The fraction of sp³-hybridized carbons (Fsp3) is 0.235. The molecule has 0 aliphatic heterocycles. The van der Waals surface area contributed by atoms with E-state index < -0.39 is 0 Å². The monoisotopic (exact) mass is 281 g/mol. The average Bonchev–Trinajstić information content (AvgIpc) is 3.18. The van der Waals surface area contributed by atoms with Crippen LogP contribution >= 0.6 is 0 Å². The second kappa shape index (κ2) is 4.32. The summed E-state index contributed by atoms with van der Waals surface area (Å²) < 4.78 is 15.9. The number of hydrogen-bond acceptors (Lipinski definition) is 2. The summed E-state index contributed by atoms with van der Waals surface area (Å²) in [6, 6.07) is 10.8. The second-order valence-corrected chi connectivity index (χ2v) is 5.81. The van der Waals surface area contributed by atoms with Crippen molar-refractivity contribution in [1.82, 2.24) is 9.55 Å². The summed E-state index contributed by atoms with van der Waals surface area (Å²) in [4.78, 5) is 4.73. The number of imidazole rings is 1. The van der Waals surface area contributed by atoms with Crippen molar-refractivity contribution in [3.8, 4) is 5.69 Å². The first-order valence-corrected chi connectivity index (χ1v) is 7.17. The molecule has 1 aliphatic carbocycles. The van der Waals surface area contributed by atoms with Crippen LogP contribution in [0.3, 0.4) is 0 Å². The SMILES string of the molecule is Cc1cc(F)cc(-n2c(C3CC3)nc3cc(N)ccc32)c1. The van der Waals surface area contributed by atoms with E-state index in [9.17, 15) is 4.39 Å². The molecule has 3 nitrogen and oxygen atoms in total. The number of benzene rings is 2. The molecular weight excluding hydrogens is 265 g/mol. The molecule has 0 radical (unpaired) electrons. The van der Waals surface area contributed by atoms with E-state index in [2.05, 4.69) is 4.57 Å². The van der Waals surface area contributed by atoms with Gasteiger partial charge in [-0.25, -0.2) is 9.37 Å². The summed E-state index contributed by atoms with van der Waals surface area (Å²) in [5, 5.41) is 0. The molecule has 3 aromatic rings. The lowest BCUT2D eigenvalue weighted by Gasteiger charge is -2.10. The van der Waals surface area contributed by atoms with Gasteiger partial charge >= 0.3 is 0 Å². The summed E-state index contributed by atoms with van der Waals surface area (Å²) in [5.41, 5.74) is 10.1. The Bertz CT molecular complexity index is 826. The molecule has 4 heteroatoms. The molecule has 0 atom stereocenters. The van der Waals surface area contributed by atoms with Crippen LogP contribution in [-0.4, -0.2) is 9.55 Å². The molecule has 106 valence electrons. The number of nitrogens with zero attached hydrogens (tertiary/aromatic N) is 2. The Kier molecular flexibility index (Phi) is 2.55. The zero-order valence-corrected chi connectivity index (χ0v) is 11.8. The van der Waals surface area contributed by atoms with Crippen molar-refractivity contribution >= 4 is 16.7 Å². The number of rotatable bonds is 2. The van der Waals surface area contributed by atoms with Gasteiger partial charge in [-0.05, 0) is 61.7 Å². The van der Waals surface area contributed by atoms with E-state index in [1.807, 2.05) is 31.2 Å². The van der Waals surface area contributed by atoms with Crippen LogP contribution in [0.4, 0.5) is 10.1 Å². The number of aryl methyl sites for hydroxylation is 1. The summed E-state index contributed by atoms with van der Waals surface area (Å²) in [6.07, 6.45) is 2.29. The first-order valence-electron chi connectivity index (χ1n) is 7.17. The van der Waals surface area contributed by atoms with Crippen molar-refractivity contribution in [2.45, 2.75) is 25.7 Å². The predicted octanol–water partition coefficient (Wildman–Crippen LogP) is 3.93. The highest BCUT2D eigenvalue weighted by atomic mass is 19.1. The van der Waals surface area contributed by atoms with Gasteiger partial charge in [0.05, 0.1) is 16.7 Å². The molecule has 0 spiro atoms. The number of nitrogen functional groups attached to an aromatic ring is 1. The molecule has 0 saturated heterocycles. The molecule has 0 bridgehead atoms. The lowest BCUT2D eigenvalue weighted by Crippen LogP contribution is -2.01. The largest absolute Gasteiger partial charge is 0.399 e. The van der Waals surface area contributed by atoms with Crippen molar-refractivity contribution in [3.05, 3.63) is 53.6 Å². The smallest absolute Gasteiger partial charge is 0.125 e. The van der Waals surface area contributed by atoms with E-state index in [-0.39, 0.29) is 5.82 Å². The van der Waals surface area contributed by atoms with Crippen LogP contribution in [0.5, 0.6) is 0 Å². The van der Waals surface area contributed by atoms with Crippen molar-refractivity contribution in [3.63, 3.8) is 0 Å². The van der Waals surface area contributed by atoms with Crippen LogP contribution < -0.4 is 5.73 Å². The molecule has 1 heterocycles. The standard InChI is InChI=1S/C17H16FN3/c1-10-6-12(18)8-14(7-10)21-16-5-4-13(19)9-15(16)20-17(21)11-2-3-11/h4-9,11H,2-3,19H2,1H3. The van der Waals surface area contributed by atoms with Gasteiger partial charge in [0, 0.05) is 11.6 Å². The number of nitrogens with two attached hydrogens (primary N) is 1. The number of hydrogen-bond donors (Lipinski definition) is 1. The van der Waals surface area contributed by atoms with E-state index in [1.54, 1.807) is 6.07 Å². The number of anilines is 1. The summed E-state index contributed by atoms with van der Waals surface area (Å²) in [5.74, 6) is 1.27. The maximum atomic E-state index is 13.8. The molecule has 2 N–H and O–H groups in total. The van der Waals surface area contributed by atoms with Gasteiger partial charge < -0.3 is 5.73 Å². The van der Waals surface area contributed by atoms with Crippen LogP contribution in [0.15, 0.2) is 36.4 Å². The van der Waals surface area contributed by atoms with Gasteiger partial charge in [0.1, 0.15) is 11.6 Å². The fourth-order valence-corrected chi connectivity index (χ4v) is 2.85. The minimum atomic E-state index is -0.218. The van der Waals surface area contributed by atoms with Gasteiger partial charge in [0.2, 0.25) is 0 Å². The quantitative estimate of drug-likeness (QED) is 0.723. The third-order valence-corrected chi connectivity index (χ3v) is 3.93. The number of halogens is 1. The first-order chi connectivity index (χ1) is 10.1. The zero-order chi connectivity index (χ0) is 14.6. The molecule has 1 saturated carbocycles. The number of fused-ring (bicyclic) bond motifs is 1. The molecule has 2 aromatic carbocycles. The summed E-state index contributed by atoms with van der Waals surface area (Å²) in [7, 11) is 0. The fourth-order valence-electron chi connectivity index (χ4n) is 2.85. The lowest BCUT2D eigenvalue weighted by atomic mass is 10.2. The third-order valence-electron chi connectivity index (χ3n) is 3.93. The predicted molar refractivity (Wildman–Crippen MR) is 82.2 cm³/mol. The minimum Gasteiger partial charge on any atom is -0.399 e. The Balaban J connectivity index is 2.03. The molecule has 1 aromatic heterocycles. The van der Waals surface area contributed by atoms with Gasteiger partial charge in [-0.2, -0.15) is 0 Å². The van der Waals surface area contributed by atoms with Gasteiger partial charge in [0.15, 0.2) is 0 Å². The Morgan fingerprint density at radius 2 is 2.00 bits per heavy atom. The van der Waals surface area contributed by atoms with E-state index >= 15 is 0 Å².